The third-order valence-electron chi connectivity index (χ3n) is 2.70. The van der Waals surface area contributed by atoms with E-state index < -0.39 is 23.1 Å². The van der Waals surface area contributed by atoms with Crippen LogP contribution in [0.5, 0.6) is 0 Å². The average molecular weight is 286 g/mol. The smallest absolute Gasteiger partial charge is 0.308 e. The summed E-state index contributed by atoms with van der Waals surface area (Å²) in [6, 6.07) is 4.68. The monoisotopic (exact) mass is 286 g/mol. The minimum atomic E-state index is -4.43. The van der Waals surface area contributed by atoms with Gasteiger partial charge in [-0.1, -0.05) is 18.2 Å². The number of halogens is 4. The molecular formula is C13H10F4N2O. The van der Waals surface area contributed by atoms with Crippen molar-refractivity contribution in [3.63, 3.8) is 0 Å². The van der Waals surface area contributed by atoms with Gasteiger partial charge in [0.25, 0.3) is 5.56 Å². The summed E-state index contributed by atoms with van der Waals surface area (Å²) in [6.07, 6.45) is -4.45. The Morgan fingerprint density at radius 1 is 1.30 bits per heavy atom. The van der Waals surface area contributed by atoms with E-state index in [1.807, 2.05) is 0 Å². The minimum absolute atomic E-state index is 0.0136. The summed E-state index contributed by atoms with van der Waals surface area (Å²) < 4.78 is 50.8. The first-order valence-electron chi connectivity index (χ1n) is 5.69. The van der Waals surface area contributed by atoms with Gasteiger partial charge in [-0.25, -0.2) is 4.98 Å². The van der Waals surface area contributed by atoms with Gasteiger partial charge in [0.15, 0.2) is 0 Å². The van der Waals surface area contributed by atoms with Crippen LogP contribution in [0.25, 0.3) is 0 Å². The van der Waals surface area contributed by atoms with Crippen LogP contribution < -0.4 is 5.56 Å². The molecule has 0 saturated heterocycles. The van der Waals surface area contributed by atoms with Crippen molar-refractivity contribution in [3.8, 4) is 0 Å². The van der Waals surface area contributed by atoms with Gasteiger partial charge in [-0.3, -0.25) is 4.79 Å². The molecule has 2 rings (SSSR count). The maximum absolute atomic E-state index is 13.1. The van der Waals surface area contributed by atoms with Crippen LogP contribution in [0.15, 0.2) is 29.1 Å². The Morgan fingerprint density at radius 2 is 2.00 bits per heavy atom. The zero-order valence-electron chi connectivity index (χ0n) is 10.4. The number of nitrogens with zero attached hydrogens (tertiary/aromatic N) is 1. The van der Waals surface area contributed by atoms with E-state index in [0.29, 0.717) is 5.56 Å². The van der Waals surface area contributed by atoms with E-state index in [9.17, 15) is 22.4 Å². The summed E-state index contributed by atoms with van der Waals surface area (Å²) in [4.78, 5) is 17.2. The summed E-state index contributed by atoms with van der Waals surface area (Å²) in [5, 5.41) is 0. The maximum atomic E-state index is 13.1. The summed E-state index contributed by atoms with van der Waals surface area (Å²) in [6.45, 7) is 1.32. The van der Waals surface area contributed by atoms with Gasteiger partial charge in [0, 0.05) is 6.42 Å². The fourth-order valence-electron chi connectivity index (χ4n) is 1.76. The fraction of sp³-hybridized carbons (Fsp3) is 0.231. The first-order valence-corrected chi connectivity index (χ1v) is 5.69. The quantitative estimate of drug-likeness (QED) is 0.863. The topological polar surface area (TPSA) is 45.8 Å². The van der Waals surface area contributed by atoms with E-state index in [-0.39, 0.29) is 17.9 Å². The second-order valence-electron chi connectivity index (χ2n) is 4.29. The molecule has 0 amide bonds. The van der Waals surface area contributed by atoms with Crippen molar-refractivity contribution in [2.24, 2.45) is 0 Å². The first kappa shape index (κ1) is 14.2. The Labute approximate surface area is 111 Å². The van der Waals surface area contributed by atoms with Crippen LogP contribution in [0.2, 0.25) is 0 Å². The van der Waals surface area contributed by atoms with Gasteiger partial charge in [-0.2, -0.15) is 17.6 Å². The number of H-pyrrole nitrogens is 1. The summed E-state index contributed by atoms with van der Waals surface area (Å²) >= 11 is 0. The molecule has 20 heavy (non-hydrogen) atoms. The third kappa shape index (κ3) is 3.04. The third-order valence-corrected chi connectivity index (χ3v) is 2.70. The van der Waals surface area contributed by atoms with Crippen LogP contribution in [-0.4, -0.2) is 9.97 Å². The van der Waals surface area contributed by atoms with Crippen molar-refractivity contribution in [3.05, 3.63) is 63.1 Å². The summed E-state index contributed by atoms with van der Waals surface area (Å²) in [5.74, 6) is -0.869. The van der Waals surface area contributed by atoms with E-state index in [0.717, 1.165) is 12.1 Å². The van der Waals surface area contributed by atoms with Gasteiger partial charge in [0.1, 0.15) is 5.82 Å². The SMILES string of the molecule is Cc1nc(Cc2cccc(C(F)(F)F)c2)[nH]c(=O)c1F. The van der Waals surface area contributed by atoms with Gasteiger partial charge in [0.05, 0.1) is 11.3 Å². The predicted octanol–water partition coefficient (Wildman–Crippen LogP) is 2.83. The molecule has 1 aromatic carbocycles. The molecule has 0 aliphatic carbocycles. The van der Waals surface area contributed by atoms with Gasteiger partial charge in [-0.15, -0.1) is 0 Å². The Kier molecular flexibility index (Phi) is 3.61. The number of nitrogens with one attached hydrogen (secondary N) is 1. The van der Waals surface area contributed by atoms with E-state index in [1.165, 1.54) is 19.1 Å². The number of aromatic nitrogens is 2. The van der Waals surface area contributed by atoms with E-state index in [4.69, 9.17) is 0 Å². The molecule has 1 N–H and O–H groups in total. The van der Waals surface area contributed by atoms with Crippen molar-refractivity contribution < 1.29 is 17.6 Å². The molecule has 0 atom stereocenters. The molecule has 106 valence electrons. The molecule has 2 aromatic rings. The summed E-state index contributed by atoms with van der Waals surface area (Å²) in [5.41, 5.74) is -1.47. The highest BCUT2D eigenvalue weighted by molar-refractivity contribution is 5.27. The van der Waals surface area contributed by atoms with Gasteiger partial charge in [0.2, 0.25) is 5.82 Å². The molecule has 0 fully saturated rings. The molecule has 0 unspecified atom stereocenters. The molecule has 1 aromatic heterocycles. The molecule has 0 spiro atoms. The summed E-state index contributed by atoms with van der Waals surface area (Å²) in [7, 11) is 0. The van der Waals surface area contributed by atoms with Gasteiger partial charge < -0.3 is 4.98 Å². The standard InChI is InChI=1S/C13H10F4N2O/c1-7-11(14)12(20)19-10(18-7)6-8-3-2-4-9(5-8)13(15,16)17/h2-5H,6H2,1H3,(H,18,19,20). The second-order valence-corrected chi connectivity index (χ2v) is 4.29. The molecule has 1 heterocycles. The highest BCUT2D eigenvalue weighted by Crippen LogP contribution is 2.29. The van der Waals surface area contributed by atoms with E-state index in [1.54, 1.807) is 0 Å². The van der Waals surface area contributed by atoms with E-state index in [2.05, 4.69) is 9.97 Å². The first-order chi connectivity index (χ1) is 9.27. The Balaban J connectivity index is 2.33. The lowest BCUT2D eigenvalue weighted by molar-refractivity contribution is -0.137. The van der Waals surface area contributed by atoms with Crippen LogP contribution in [0.1, 0.15) is 22.6 Å². The van der Waals surface area contributed by atoms with Crippen LogP contribution in [0.3, 0.4) is 0 Å². The number of aromatic amines is 1. The lowest BCUT2D eigenvalue weighted by Gasteiger charge is -2.08. The van der Waals surface area contributed by atoms with Crippen LogP contribution >= 0.6 is 0 Å². The van der Waals surface area contributed by atoms with Crippen molar-refractivity contribution in [2.45, 2.75) is 19.5 Å². The van der Waals surface area contributed by atoms with E-state index >= 15 is 0 Å². The predicted molar refractivity (Wildman–Crippen MR) is 63.8 cm³/mol. The van der Waals surface area contributed by atoms with Crippen molar-refractivity contribution >= 4 is 0 Å². The minimum Gasteiger partial charge on any atom is -0.308 e. The van der Waals surface area contributed by atoms with Crippen LogP contribution in [-0.2, 0) is 12.6 Å². The number of hydrogen-bond donors (Lipinski definition) is 1. The molecule has 0 bridgehead atoms. The Morgan fingerprint density at radius 3 is 2.60 bits per heavy atom. The molecule has 0 aliphatic rings. The Bertz CT molecular complexity index is 692. The molecule has 0 aliphatic heterocycles. The maximum Gasteiger partial charge on any atom is 0.416 e. The normalized spacial score (nSPS) is 11.7. The number of benzene rings is 1. The lowest BCUT2D eigenvalue weighted by Crippen LogP contribution is -2.17. The number of hydrogen-bond acceptors (Lipinski definition) is 2. The largest absolute Gasteiger partial charge is 0.416 e. The molecule has 7 heteroatoms. The molecular weight excluding hydrogens is 276 g/mol. The molecule has 3 nitrogen and oxygen atoms in total. The fourth-order valence-corrected chi connectivity index (χ4v) is 1.76. The second kappa shape index (κ2) is 5.07. The zero-order valence-corrected chi connectivity index (χ0v) is 10.4. The van der Waals surface area contributed by atoms with Crippen LogP contribution in [0, 0.1) is 12.7 Å². The average Bonchev–Trinajstić information content (AvgIpc) is 2.35. The zero-order chi connectivity index (χ0) is 14.9. The van der Waals surface area contributed by atoms with Crippen molar-refractivity contribution in [1.29, 1.82) is 0 Å². The highest BCUT2D eigenvalue weighted by atomic mass is 19.4. The highest BCUT2D eigenvalue weighted by Gasteiger charge is 2.30. The number of aryl methyl sites for hydroxylation is 1. The number of alkyl halides is 3. The molecule has 0 saturated carbocycles. The van der Waals surface area contributed by atoms with Gasteiger partial charge >= 0.3 is 6.18 Å². The van der Waals surface area contributed by atoms with Gasteiger partial charge in [-0.05, 0) is 18.6 Å². The number of rotatable bonds is 2. The lowest BCUT2D eigenvalue weighted by atomic mass is 10.1. The Hall–Kier alpha value is -2.18. The van der Waals surface area contributed by atoms with Crippen molar-refractivity contribution in [2.75, 3.05) is 0 Å². The molecule has 0 radical (unpaired) electrons. The van der Waals surface area contributed by atoms with Crippen molar-refractivity contribution in [1.82, 2.24) is 9.97 Å². The van der Waals surface area contributed by atoms with Crippen LogP contribution in [0.4, 0.5) is 17.6 Å².